The number of carbonyl (C=O) groups excluding carboxylic acids is 1. The number of sulfone groups is 1. The second-order valence-corrected chi connectivity index (χ2v) is 12.6. The van der Waals surface area contributed by atoms with Gasteiger partial charge in [-0.2, -0.15) is 0 Å². The molecule has 9 nitrogen and oxygen atoms in total. The number of nitrogens with two attached hydrogens (primary N) is 1. The van der Waals surface area contributed by atoms with Crippen molar-refractivity contribution in [3.8, 4) is 0 Å². The Bertz CT molecular complexity index is 1800. The highest BCUT2D eigenvalue weighted by Crippen LogP contribution is 2.31. The molecule has 1 atom stereocenters. The molecule has 4 rings (SSSR count). The number of guanidine groups is 1. The van der Waals surface area contributed by atoms with Crippen LogP contribution in [0.4, 0.5) is 11.4 Å². The molecular weight excluding hydrogens is 658 g/mol. The summed E-state index contributed by atoms with van der Waals surface area (Å²) in [6.45, 7) is 0. The average molecular weight is 680 g/mol. The monoisotopic (exact) mass is 678 g/mol. The summed E-state index contributed by atoms with van der Waals surface area (Å²) in [6.07, 6.45) is -0.0617. The first-order valence-electron chi connectivity index (χ1n) is 12.3. The summed E-state index contributed by atoms with van der Waals surface area (Å²) in [6, 6.07) is 19.4. The van der Waals surface area contributed by atoms with Crippen LogP contribution in [0.25, 0.3) is 0 Å². The van der Waals surface area contributed by atoms with E-state index in [0.29, 0.717) is 16.3 Å². The number of benzene rings is 4. The van der Waals surface area contributed by atoms with Crippen LogP contribution in [-0.4, -0.2) is 37.4 Å². The molecule has 0 saturated heterocycles. The van der Waals surface area contributed by atoms with Crippen LogP contribution in [-0.2, 0) is 21.1 Å². The maximum atomic E-state index is 13.3. The number of anilines is 2. The second kappa shape index (κ2) is 13.7. The molecule has 0 bridgehead atoms. The zero-order valence-electron chi connectivity index (χ0n) is 21.9. The lowest BCUT2D eigenvalue weighted by atomic mass is 10.1. The van der Waals surface area contributed by atoms with Crippen LogP contribution in [0.1, 0.15) is 15.9 Å². The molecule has 0 radical (unpaired) electrons. The summed E-state index contributed by atoms with van der Waals surface area (Å²) in [7, 11) is -4.03. The van der Waals surface area contributed by atoms with E-state index in [9.17, 15) is 23.1 Å². The van der Waals surface area contributed by atoms with E-state index >= 15 is 0 Å². The lowest BCUT2D eigenvalue weighted by Crippen LogP contribution is -2.30. The molecule has 1 amide bonds. The van der Waals surface area contributed by atoms with Crippen LogP contribution in [0.2, 0.25) is 20.1 Å². The number of hydrogen-bond donors (Lipinski definition) is 4. The molecule has 4 aromatic rings. The summed E-state index contributed by atoms with van der Waals surface area (Å²) in [5.74, 6) is -2.12. The Morgan fingerprint density at radius 1 is 0.837 bits per heavy atom. The highest BCUT2D eigenvalue weighted by Gasteiger charge is 2.23. The Morgan fingerprint density at radius 2 is 1.44 bits per heavy atom. The van der Waals surface area contributed by atoms with Crippen molar-refractivity contribution in [2.75, 3.05) is 10.6 Å². The van der Waals surface area contributed by atoms with Crippen molar-refractivity contribution in [2.24, 2.45) is 10.7 Å². The van der Waals surface area contributed by atoms with Crippen LogP contribution < -0.4 is 16.4 Å². The zero-order chi connectivity index (χ0) is 31.3. The molecule has 0 spiro atoms. The predicted octanol–water partition coefficient (Wildman–Crippen LogP) is 6.81. The highest BCUT2D eigenvalue weighted by atomic mass is 35.5. The van der Waals surface area contributed by atoms with E-state index in [1.807, 2.05) is 0 Å². The normalized spacial score (nSPS) is 12.4. The summed E-state index contributed by atoms with van der Waals surface area (Å²) >= 11 is 24.2. The lowest BCUT2D eigenvalue weighted by molar-refractivity contribution is -0.138. The summed E-state index contributed by atoms with van der Waals surface area (Å²) in [5.41, 5.74) is 7.16. The summed E-state index contributed by atoms with van der Waals surface area (Å²) in [5, 5.41) is 16.1. The quantitative estimate of drug-likeness (QED) is 0.112. The number of nitrogens with zero attached hydrogens (tertiary/aromatic N) is 1. The maximum absolute atomic E-state index is 13.3. The first-order valence-corrected chi connectivity index (χ1v) is 15.3. The third kappa shape index (κ3) is 7.98. The number of rotatable bonds is 9. The van der Waals surface area contributed by atoms with Gasteiger partial charge in [-0.3, -0.25) is 4.79 Å². The van der Waals surface area contributed by atoms with Crippen molar-refractivity contribution in [1.29, 1.82) is 0 Å². The molecular formula is C29H22Cl4N4O5S. The number of carboxylic acid groups (broad SMARTS) is 1. The fraction of sp³-hybridized carbons (Fsp3) is 0.0690. The average Bonchev–Trinajstić information content (AvgIpc) is 2.93. The number of carboxylic acids is 1. The molecule has 14 heteroatoms. The fourth-order valence-electron chi connectivity index (χ4n) is 3.96. The van der Waals surface area contributed by atoms with E-state index in [2.05, 4.69) is 15.6 Å². The standard InChI is InChI=1S/C29H22Cl4N4O5S/c30-17-6-11-20(12-7-17)43(41,42)25-13-8-18(31)15-23(25)36-29(34)37-24(28(39)40)14-16-4-9-19(10-5-16)35-27(38)26-21(32)2-1-3-22(26)33/h1-13,15,24H,14H2,(H,35,38)(H,39,40)(H3,34,36,37)/t24-/m0/s1. The Balaban J connectivity index is 1.51. The van der Waals surface area contributed by atoms with Crippen molar-refractivity contribution < 1.29 is 23.1 Å². The molecule has 0 aromatic heterocycles. The third-order valence-corrected chi connectivity index (χ3v) is 8.97. The molecule has 0 aliphatic carbocycles. The van der Waals surface area contributed by atoms with Crippen LogP contribution in [0.5, 0.6) is 0 Å². The number of halogens is 4. The van der Waals surface area contributed by atoms with Crippen LogP contribution >= 0.6 is 46.4 Å². The lowest BCUT2D eigenvalue weighted by Gasteiger charge is -2.15. The van der Waals surface area contributed by atoms with Gasteiger partial charge in [-0.1, -0.05) is 64.6 Å². The Labute approximate surface area is 267 Å². The van der Waals surface area contributed by atoms with Gasteiger partial charge in [-0.15, -0.1) is 0 Å². The van der Waals surface area contributed by atoms with E-state index in [0.717, 1.165) is 0 Å². The molecule has 222 valence electrons. The van der Waals surface area contributed by atoms with Gasteiger partial charge in [0.15, 0.2) is 12.0 Å². The van der Waals surface area contributed by atoms with Crippen molar-refractivity contribution in [3.05, 3.63) is 116 Å². The van der Waals surface area contributed by atoms with E-state index in [1.165, 1.54) is 42.5 Å². The largest absolute Gasteiger partial charge is 0.480 e. The predicted molar refractivity (Wildman–Crippen MR) is 170 cm³/mol. The van der Waals surface area contributed by atoms with Gasteiger partial charge in [0, 0.05) is 22.2 Å². The number of amides is 1. The molecule has 0 aliphatic heterocycles. The topological polar surface area (TPSA) is 151 Å². The van der Waals surface area contributed by atoms with E-state index in [1.54, 1.807) is 42.5 Å². The van der Waals surface area contributed by atoms with Crippen molar-refractivity contribution in [3.63, 3.8) is 0 Å². The van der Waals surface area contributed by atoms with Crippen molar-refractivity contribution >= 4 is 85.5 Å². The van der Waals surface area contributed by atoms with E-state index < -0.39 is 27.8 Å². The van der Waals surface area contributed by atoms with Gasteiger partial charge in [0.05, 0.1) is 31.1 Å². The van der Waals surface area contributed by atoms with Crippen LogP contribution in [0, 0.1) is 0 Å². The molecule has 0 saturated carbocycles. The van der Waals surface area contributed by atoms with Gasteiger partial charge in [-0.25, -0.2) is 18.2 Å². The van der Waals surface area contributed by atoms with Crippen molar-refractivity contribution in [1.82, 2.24) is 0 Å². The molecule has 5 N–H and O–H groups in total. The summed E-state index contributed by atoms with van der Waals surface area (Å²) < 4.78 is 26.6. The van der Waals surface area contributed by atoms with Gasteiger partial charge in [-0.05, 0) is 72.3 Å². The van der Waals surface area contributed by atoms with Crippen molar-refractivity contribution in [2.45, 2.75) is 22.3 Å². The van der Waals surface area contributed by atoms with Gasteiger partial charge in [0.25, 0.3) is 5.91 Å². The SMILES string of the molecule is NC(=N[C@@H](Cc1ccc(NC(=O)c2c(Cl)cccc2Cl)cc1)C(=O)O)Nc1cc(Cl)ccc1S(=O)(=O)c1ccc(Cl)cc1. The molecule has 0 unspecified atom stereocenters. The number of hydrogen-bond acceptors (Lipinski definition) is 5. The second-order valence-electron chi connectivity index (χ2n) is 9.04. The molecule has 4 aromatic carbocycles. The summed E-state index contributed by atoms with van der Waals surface area (Å²) in [4.78, 5) is 28.5. The zero-order valence-corrected chi connectivity index (χ0v) is 25.7. The number of aliphatic carboxylic acids is 1. The Hall–Kier alpha value is -3.80. The van der Waals surface area contributed by atoms with Gasteiger partial charge in [0.2, 0.25) is 9.84 Å². The first kappa shape index (κ1) is 32.1. The molecule has 0 heterocycles. The first-order chi connectivity index (χ1) is 20.3. The number of carbonyl (C=O) groups is 2. The number of aliphatic imine (C=N–C) groups is 1. The maximum Gasteiger partial charge on any atom is 0.328 e. The molecule has 0 fully saturated rings. The van der Waals surface area contributed by atoms with E-state index in [-0.39, 0.29) is 48.5 Å². The fourth-order valence-corrected chi connectivity index (χ4v) is 6.22. The Morgan fingerprint density at radius 3 is 2.05 bits per heavy atom. The van der Waals surface area contributed by atoms with Gasteiger partial charge >= 0.3 is 5.97 Å². The Kier molecular flexibility index (Phi) is 10.2. The minimum absolute atomic E-state index is 0.00607. The third-order valence-electron chi connectivity index (χ3n) is 6.03. The van der Waals surface area contributed by atoms with E-state index in [4.69, 9.17) is 52.1 Å². The van der Waals surface area contributed by atoms with Crippen LogP contribution in [0.15, 0.2) is 99.7 Å². The molecule has 43 heavy (non-hydrogen) atoms. The highest BCUT2D eigenvalue weighted by molar-refractivity contribution is 7.91. The minimum atomic E-state index is -4.03. The smallest absolute Gasteiger partial charge is 0.328 e. The van der Waals surface area contributed by atoms with Gasteiger partial charge in [0.1, 0.15) is 0 Å². The minimum Gasteiger partial charge on any atom is -0.480 e. The van der Waals surface area contributed by atoms with Gasteiger partial charge < -0.3 is 21.5 Å². The molecule has 0 aliphatic rings. The number of nitrogens with one attached hydrogen (secondary N) is 2. The van der Waals surface area contributed by atoms with Crippen LogP contribution in [0.3, 0.4) is 0 Å².